The number of likely N-dealkylation sites (tertiary alicyclic amines) is 1. The van der Waals surface area contributed by atoms with Crippen LogP contribution in [-0.4, -0.2) is 52.2 Å². The van der Waals surface area contributed by atoms with Crippen molar-refractivity contribution in [3.8, 4) is 0 Å². The number of nitrogens with one attached hydrogen (secondary N) is 2. The van der Waals surface area contributed by atoms with Crippen molar-refractivity contribution in [1.29, 1.82) is 0 Å². The number of pyridine rings is 1. The number of benzene rings is 1. The predicted octanol–water partition coefficient (Wildman–Crippen LogP) is 5.14. The molecule has 1 atom stereocenters. The average Bonchev–Trinajstić information content (AvgIpc) is 3.39. The first-order valence-corrected chi connectivity index (χ1v) is 11.5. The maximum Gasteiger partial charge on any atom is 0.409 e. The highest BCUT2D eigenvalue weighted by Gasteiger charge is 2.27. The lowest BCUT2D eigenvalue weighted by atomic mass is 10.2. The zero-order valence-electron chi connectivity index (χ0n) is 18.5. The maximum absolute atomic E-state index is 12.9. The van der Waals surface area contributed by atoms with Crippen LogP contribution in [0.25, 0.3) is 10.9 Å². The van der Waals surface area contributed by atoms with Gasteiger partial charge in [-0.15, -0.1) is 12.4 Å². The Bertz CT molecular complexity index is 1140. The first kappa shape index (κ1) is 24.9. The van der Waals surface area contributed by atoms with Crippen LogP contribution in [0.4, 0.5) is 16.3 Å². The summed E-state index contributed by atoms with van der Waals surface area (Å²) in [6, 6.07) is 11.7. The summed E-state index contributed by atoms with van der Waals surface area (Å²) >= 11 is 3.48. The second-order valence-corrected chi connectivity index (χ2v) is 8.55. The number of fused-ring (bicyclic) bond motifs is 1. The molecule has 1 unspecified atom stereocenters. The fourth-order valence-corrected chi connectivity index (χ4v) is 4.37. The molecule has 0 bridgehead atoms. The first-order chi connectivity index (χ1) is 15.5. The van der Waals surface area contributed by atoms with Gasteiger partial charge in [0, 0.05) is 41.1 Å². The van der Waals surface area contributed by atoms with Gasteiger partial charge in [0.2, 0.25) is 0 Å². The topological polar surface area (TPSA) is 88.5 Å². The summed E-state index contributed by atoms with van der Waals surface area (Å²) in [5.41, 5.74) is 2.24. The van der Waals surface area contributed by atoms with Crippen molar-refractivity contribution in [3.63, 3.8) is 0 Å². The van der Waals surface area contributed by atoms with Crippen LogP contribution in [0.15, 0.2) is 47.1 Å². The highest BCUT2D eigenvalue weighted by Crippen LogP contribution is 2.25. The lowest BCUT2D eigenvalue weighted by molar-refractivity contribution is 0.101. The molecule has 0 spiro atoms. The van der Waals surface area contributed by atoms with Gasteiger partial charge in [-0.3, -0.25) is 4.79 Å². The smallest absolute Gasteiger partial charge is 0.409 e. The van der Waals surface area contributed by atoms with Crippen LogP contribution in [0.5, 0.6) is 0 Å². The number of halogens is 2. The molecule has 8 nitrogen and oxygen atoms in total. The third-order valence-corrected chi connectivity index (χ3v) is 5.99. The number of ether oxygens (including phenoxy) is 1. The van der Waals surface area contributed by atoms with Gasteiger partial charge < -0.3 is 24.8 Å². The normalized spacial score (nSPS) is 15.2. The van der Waals surface area contributed by atoms with E-state index in [1.807, 2.05) is 47.9 Å². The zero-order valence-corrected chi connectivity index (χ0v) is 20.9. The molecule has 2 aromatic heterocycles. The second kappa shape index (κ2) is 10.9. The van der Waals surface area contributed by atoms with Crippen LogP contribution in [0.2, 0.25) is 0 Å². The molecule has 1 aliphatic heterocycles. The zero-order chi connectivity index (χ0) is 22.7. The van der Waals surface area contributed by atoms with Gasteiger partial charge in [0.1, 0.15) is 11.5 Å². The van der Waals surface area contributed by atoms with Crippen molar-refractivity contribution in [2.75, 3.05) is 30.3 Å². The van der Waals surface area contributed by atoms with Crippen molar-refractivity contribution in [2.24, 2.45) is 0 Å². The van der Waals surface area contributed by atoms with Crippen molar-refractivity contribution >= 4 is 62.7 Å². The SMILES string of the molecule is CCOC(=O)N1CCC(Nc2ccc(NC(=O)c3cc4cc(Br)ccc4n3CC)cn2)C1.Cl. The number of hydrogen-bond acceptors (Lipinski definition) is 5. The molecule has 1 aromatic carbocycles. The lowest BCUT2D eigenvalue weighted by Gasteiger charge is -2.16. The molecule has 1 fully saturated rings. The van der Waals surface area contributed by atoms with E-state index in [1.165, 1.54) is 0 Å². The summed E-state index contributed by atoms with van der Waals surface area (Å²) in [5.74, 6) is 0.522. The average molecular weight is 537 g/mol. The van der Waals surface area contributed by atoms with Crippen molar-refractivity contribution in [3.05, 3.63) is 52.8 Å². The molecule has 10 heteroatoms. The number of nitrogens with zero attached hydrogens (tertiary/aromatic N) is 3. The minimum Gasteiger partial charge on any atom is -0.450 e. The number of amides is 2. The van der Waals surface area contributed by atoms with Gasteiger partial charge in [0.15, 0.2) is 0 Å². The van der Waals surface area contributed by atoms with E-state index >= 15 is 0 Å². The van der Waals surface area contributed by atoms with Gasteiger partial charge in [-0.2, -0.15) is 0 Å². The third-order valence-electron chi connectivity index (χ3n) is 5.50. The highest BCUT2D eigenvalue weighted by molar-refractivity contribution is 9.10. The van der Waals surface area contributed by atoms with E-state index in [0.29, 0.717) is 43.4 Å². The van der Waals surface area contributed by atoms with Crippen LogP contribution in [-0.2, 0) is 11.3 Å². The van der Waals surface area contributed by atoms with E-state index in [1.54, 1.807) is 18.0 Å². The molecule has 0 aliphatic carbocycles. The summed E-state index contributed by atoms with van der Waals surface area (Å²) in [6.07, 6.45) is 2.18. The standard InChI is InChI=1S/C23H26BrN5O3.ClH/c1-3-29-19-7-5-16(24)11-15(19)12-20(29)22(30)27-17-6-8-21(25-13-17)26-18-9-10-28(14-18)23(31)32-4-2;/h5-8,11-13,18H,3-4,9-10,14H2,1-2H3,(H,25,26)(H,27,30);1H. The Hall–Kier alpha value is -2.78. The van der Waals surface area contributed by atoms with Crippen molar-refractivity contribution in [1.82, 2.24) is 14.5 Å². The molecule has 33 heavy (non-hydrogen) atoms. The molecule has 3 heterocycles. The van der Waals surface area contributed by atoms with Gasteiger partial charge in [-0.1, -0.05) is 15.9 Å². The number of aromatic nitrogens is 2. The Balaban J connectivity index is 0.00000306. The highest BCUT2D eigenvalue weighted by atomic mass is 79.9. The Labute approximate surface area is 207 Å². The van der Waals surface area contributed by atoms with E-state index in [2.05, 4.69) is 31.5 Å². The van der Waals surface area contributed by atoms with E-state index in [-0.39, 0.29) is 30.4 Å². The van der Waals surface area contributed by atoms with Crippen LogP contribution >= 0.6 is 28.3 Å². The van der Waals surface area contributed by atoms with Crippen LogP contribution in [0.1, 0.15) is 30.8 Å². The molecular weight excluding hydrogens is 510 g/mol. The summed E-state index contributed by atoms with van der Waals surface area (Å²) in [7, 11) is 0. The number of anilines is 2. The second-order valence-electron chi connectivity index (χ2n) is 7.64. The Morgan fingerprint density at radius 1 is 1.21 bits per heavy atom. The number of carbonyl (C=O) groups is 2. The van der Waals surface area contributed by atoms with Crippen molar-refractivity contribution < 1.29 is 14.3 Å². The largest absolute Gasteiger partial charge is 0.450 e. The van der Waals surface area contributed by atoms with E-state index < -0.39 is 0 Å². The van der Waals surface area contributed by atoms with Gasteiger partial charge in [-0.25, -0.2) is 9.78 Å². The molecule has 1 saturated heterocycles. The van der Waals surface area contributed by atoms with Crippen LogP contribution < -0.4 is 10.6 Å². The minimum absolute atomic E-state index is 0. The summed E-state index contributed by atoms with van der Waals surface area (Å²) in [6.45, 7) is 6.13. The molecule has 0 radical (unpaired) electrons. The first-order valence-electron chi connectivity index (χ1n) is 10.7. The maximum atomic E-state index is 12.9. The minimum atomic E-state index is -0.278. The molecule has 1 aliphatic rings. The van der Waals surface area contributed by atoms with Crippen LogP contribution in [0, 0.1) is 0 Å². The van der Waals surface area contributed by atoms with Crippen molar-refractivity contribution in [2.45, 2.75) is 32.9 Å². The van der Waals surface area contributed by atoms with E-state index in [4.69, 9.17) is 4.74 Å². The Morgan fingerprint density at radius 3 is 2.73 bits per heavy atom. The number of rotatable bonds is 6. The summed E-state index contributed by atoms with van der Waals surface area (Å²) in [4.78, 5) is 30.9. The summed E-state index contributed by atoms with van der Waals surface area (Å²) < 4.78 is 8.03. The fourth-order valence-electron chi connectivity index (χ4n) is 3.99. The summed E-state index contributed by atoms with van der Waals surface area (Å²) in [5, 5.41) is 7.29. The van der Waals surface area contributed by atoms with E-state index in [9.17, 15) is 9.59 Å². The Morgan fingerprint density at radius 2 is 2.03 bits per heavy atom. The van der Waals surface area contributed by atoms with Gasteiger partial charge in [-0.05, 0) is 56.7 Å². The molecule has 2 amide bonds. The quantitative estimate of drug-likeness (QED) is 0.456. The number of aryl methyl sites for hydroxylation is 1. The number of carbonyl (C=O) groups excluding carboxylic acids is 2. The number of hydrogen-bond donors (Lipinski definition) is 2. The molecule has 4 rings (SSSR count). The van der Waals surface area contributed by atoms with Gasteiger partial charge in [0.25, 0.3) is 5.91 Å². The van der Waals surface area contributed by atoms with Gasteiger partial charge in [0.05, 0.1) is 18.5 Å². The monoisotopic (exact) mass is 535 g/mol. The van der Waals surface area contributed by atoms with Crippen LogP contribution in [0.3, 0.4) is 0 Å². The third kappa shape index (κ3) is 5.59. The molecule has 2 N–H and O–H groups in total. The Kier molecular flexibility index (Phi) is 8.20. The molecular formula is C23H27BrClN5O3. The molecule has 0 saturated carbocycles. The molecule has 3 aromatic rings. The lowest BCUT2D eigenvalue weighted by Crippen LogP contribution is -2.32. The molecule has 176 valence electrons. The predicted molar refractivity (Wildman–Crippen MR) is 135 cm³/mol. The van der Waals surface area contributed by atoms with Gasteiger partial charge >= 0.3 is 6.09 Å². The van der Waals surface area contributed by atoms with E-state index in [0.717, 1.165) is 21.8 Å². The fraction of sp³-hybridized carbons (Fsp3) is 0.348.